The number of aryl methyl sites for hydroxylation is 1. The Morgan fingerprint density at radius 2 is 2.14 bits per heavy atom. The Labute approximate surface area is 127 Å². The van der Waals surface area contributed by atoms with E-state index in [1.54, 1.807) is 25.1 Å². The van der Waals surface area contributed by atoms with Gasteiger partial charge in [0.1, 0.15) is 11.4 Å². The molecule has 0 radical (unpaired) electrons. The highest BCUT2D eigenvalue weighted by molar-refractivity contribution is 7.80. The van der Waals surface area contributed by atoms with Crippen LogP contribution in [-0.4, -0.2) is 26.6 Å². The van der Waals surface area contributed by atoms with Crippen molar-refractivity contribution in [1.82, 2.24) is 9.78 Å². The van der Waals surface area contributed by atoms with E-state index in [1.807, 2.05) is 6.92 Å². The standard InChI is InChI=1S/C13H15N5O2S/c1-3-20-12-11(8(2)17-18(12)13(14)21)16-15-9-6-4-5-7-10(9)19/h4-7,19H,3H2,1-2H3,(H2,14,21). The molecular formula is C13H15N5O2S. The first kappa shape index (κ1) is 14.9. The lowest BCUT2D eigenvalue weighted by Crippen LogP contribution is -2.21. The molecule has 110 valence electrons. The third-order valence-corrected chi connectivity index (χ3v) is 2.79. The lowest BCUT2D eigenvalue weighted by molar-refractivity contribution is 0.320. The minimum absolute atomic E-state index is 0.0404. The van der Waals surface area contributed by atoms with E-state index in [4.69, 9.17) is 22.7 Å². The lowest BCUT2D eigenvalue weighted by atomic mass is 10.3. The molecule has 0 bridgehead atoms. The van der Waals surface area contributed by atoms with Crippen molar-refractivity contribution in [2.24, 2.45) is 16.0 Å². The topological polar surface area (TPSA) is 98.0 Å². The first-order chi connectivity index (χ1) is 10.0. The van der Waals surface area contributed by atoms with Crippen molar-refractivity contribution < 1.29 is 9.84 Å². The maximum Gasteiger partial charge on any atom is 0.247 e. The number of thiocarbonyl (C=S) groups is 1. The molecule has 0 saturated carbocycles. The third-order valence-electron chi connectivity index (χ3n) is 2.62. The van der Waals surface area contributed by atoms with Crippen molar-refractivity contribution in [2.75, 3.05) is 6.61 Å². The molecule has 3 N–H and O–H groups in total. The highest BCUT2D eigenvalue weighted by Crippen LogP contribution is 2.34. The van der Waals surface area contributed by atoms with Gasteiger partial charge in [0, 0.05) is 0 Å². The monoisotopic (exact) mass is 305 g/mol. The summed E-state index contributed by atoms with van der Waals surface area (Å²) in [5.74, 6) is 0.375. The molecule has 7 nitrogen and oxygen atoms in total. The summed E-state index contributed by atoms with van der Waals surface area (Å²) in [6, 6.07) is 6.63. The molecule has 8 heteroatoms. The molecule has 0 saturated heterocycles. The van der Waals surface area contributed by atoms with Gasteiger partial charge < -0.3 is 15.6 Å². The van der Waals surface area contributed by atoms with E-state index < -0.39 is 0 Å². The number of azo groups is 1. The van der Waals surface area contributed by atoms with Crippen LogP contribution < -0.4 is 10.5 Å². The van der Waals surface area contributed by atoms with E-state index >= 15 is 0 Å². The number of hydrogen-bond acceptors (Lipinski definition) is 6. The zero-order valence-corrected chi connectivity index (χ0v) is 12.5. The van der Waals surface area contributed by atoms with Crippen LogP contribution in [0.2, 0.25) is 0 Å². The van der Waals surface area contributed by atoms with Crippen molar-refractivity contribution in [3.05, 3.63) is 30.0 Å². The van der Waals surface area contributed by atoms with Gasteiger partial charge in [-0.2, -0.15) is 9.78 Å². The predicted octanol–water partition coefficient (Wildman–Crippen LogP) is 2.80. The number of ether oxygens (including phenoxy) is 1. The van der Waals surface area contributed by atoms with Crippen LogP contribution in [0.15, 0.2) is 34.5 Å². The molecule has 1 aromatic heterocycles. The van der Waals surface area contributed by atoms with Crippen molar-refractivity contribution in [3.63, 3.8) is 0 Å². The summed E-state index contributed by atoms with van der Waals surface area (Å²) in [5, 5.41) is 22.0. The van der Waals surface area contributed by atoms with E-state index in [-0.39, 0.29) is 10.9 Å². The number of nitrogens with two attached hydrogens (primary N) is 1. The van der Waals surface area contributed by atoms with Crippen molar-refractivity contribution in [2.45, 2.75) is 13.8 Å². The number of rotatable bonds is 4. The van der Waals surface area contributed by atoms with E-state index in [0.717, 1.165) is 0 Å². The highest BCUT2D eigenvalue weighted by Gasteiger charge is 2.18. The Morgan fingerprint density at radius 3 is 2.76 bits per heavy atom. The molecule has 1 aromatic carbocycles. The van der Waals surface area contributed by atoms with Gasteiger partial charge in [-0.15, -0.1) is 10.2 Å². The number of aromatic hydroxyl groups is 1. The summed E-state index contributed by atoms with van der Waals surface area (Å²) < 4.78 is 6.78. The smallest absolute Gasteiger partial charge is 0.247 e. The van der Waals surface area contributed by atoms with E-state index in [2.05, 4.69) is 15.3 Å². The molecule has 0 spiro atoms. The zero-order chi connectivity index (χ0) is 15.4. The molecule has 2 aromatic rings. The fourth-order valence-corrected chi connectivity index (χ4v) is 1.80. The van der Waals surface area contributed by atoms with Crippen LogP contribution in [0.3, 0.4) is 0 Å². The second-order valence-corrected chi connectivity index (χ2v) is 4.53. The number of phenolic OH excluding ortho intramolecular Hbond substituents is 1. The highest BCUT2D eigenvalue weighted by atomic mass is 32.1. The van der Waals surface area contributed by atoms with E-state index in [1.165, 1.54) is 10.7 Å². The Morgan fingerprint density at radius 1 is 1.43 bits per heavy atom. The molecule has 0 aliphatic heterocycles. The number of nitrogens with zero attached hydrogens (tertiary/aromatic N) is 4. The summed E-state index contributed by atoms with van der Waals surface area (Å²) in [7, 11) is 0. The fraction of sp³-hybridized carbons (Fsp3) is 0.231. The molecule has 0 aliphatic carbocycles. The van der Waals surface area contributed by atoms with Crippen LogP contribution in [0.4, 0.5) is 11.4 Å². The van der Waals surface area contributed by atoms with Gasteiger partial charge >= 0.3 is 0 Å². The first-order valence-electron chi connectivity index (χ1n) is 6.26. The number of para-hydroxylation sites is 1. The van der Waals surface area contributed by atoms with Crippen molar-refractivity contribution in [3.8, 4) is 11.6 Å². The molecule has 0 aliphatic rings. The Bertz CT molecular complexity index is 696. The number of hydrogen-bond donors (Lipinski definition) is 2. The largest absolute Gasteiger partial charge is 0.506 e. The lowest BCUT2D eigenvalue weighted by Gasteiger charge is -2.05. The average molecular weight is 305 g/mol. The number of benzene rings is 1. The minimum Gasteiger partial charge on any atom is -0.506 e. The fourth-order valence-electron chi connectivity index (χ4n) is 1.68. The number of phenols is 1. The van der Waals surface area contributed by atoms with Gasteiger partial charge in [0.25, 0.3) is 0 Å². The Balaban J connectivity index is 2.44. The molecule has 21 heavy (non-hydrogen) atoms. The van der Waals surface area contributed by atoms with Crippen LogP contribution in [0.25, 0.3) is 0 Å². The van der Waals surface area contributed by atoms with Gasteiger partial charge in [-0.25, -0.2) is 0 Å². The van der Waals surface area contributed by atoms with Crippen molar-refractivity contribution >= 4 is 28.7 Å². The Hall–Kier alpha value is -2.48. The van der Waals surface area contributed by atoms with Gasteiger partial charge in [0.15, 0.2) is 10.8 Å². The molecule has 2 rings (SSSR count). The number of aromatic nitrogens is 2. The van der Waals surface area contributed by atoms with Gasteiger partial charge in [0.2, 0.25) is 5.88 Å². The predicted molar refractivity (Wildman–Crippen MR) is 82.6 cm³/mol. The second kappa shape index (κ2) is 6.31. The third kappa shape index (κ3) is 3.16. The SMILES string of the molecule is CCOc1c(N=Nc2ccccc2O)c(C)nn1C(N)=S. The van der Waals surface area contributed by atoms with E-state index in [0.29, 0.717) is 29.6 Å². The summed E-state index contributed by atoms with van der Waals surface area (Å²) in [4.78, 5) is 0. The molecule has 0 amide bonds. The van der Waals surface area contributed by atoms with Crippen LogP contribution in [0, 0.1) is 6.92 Å². The van der Waals surface area contributed by atoms with Crippen LogP contribution >= 0.6 is 12.2 Å². The maximum atomic E-state index is 9.68. The maximum absolute atomic E-state index is 9.68. The quantitative estimate of drug-likeness (QED) is 0.668. The van der Waals surface area contributed by atoms with Gasteiger partial charge in [0.05, 0.1) is 12.3 Å². The first-order valence-corrected chi connectivity index (χ1v) is 6.67. The Kier molecular flexibility index (Phi) is 4.49. The van der Waals surface area contributed by atoms with Crippen LogP contribution in [0.1, 0.15) is 12.6 Å². The van der Waals surface area contributed by atoms with Gasteiger partial charge in [-0.1, -0.05) is 12.1 Å². The van der Waals surface area contributed by atoms with Gasteiger partial charge in [-0.3, -0.25) is 0 Å². The van der Waals surface area contributed by atoms with Crippen molar-refractivity contribution in [1.29, 1.82) is 0 Å². The molecule has 1 heterocycles. The summed E-state index contributed by atoms with van der Waals surface area (Å²) in [5.41, 5.74) is 6.95. The molecule has 0 atom stereocenters. The van der Waals surface area contributed by atoms with Crippen LogP contribution in [0.5, 0.6) is 11.6 Å². The minimum atomic E-state index is 0.0404. The molecule has 0 unspecified atom stereocenters. The summed E-state index contributed by atoms with van der Waals surface area (Å²) >= 11 is 4.92. The average Bonchev–Trinajstić information content (AvgIpc) is 2.75. The van der Waals surface area contributed by atoms with Crippen LogP contribution in [-0.2, 0) is 0 Å². The zero-order valence-electron chi connectivity index (χ0n) is 11.6. The van der Waals surface area contributed by atoms with Gasteiger partial charge in [-0.05, 0) is 38.2 Å². The summed E-state index contributed by atoms with van der Waals surface area (Å²) in [6.45, 7) is 3.99. The summed E-state index contributed by atoms with van der Waals surface area (Å²) in [6.07, 6.45) is 0. The second-order valence-electron chi connectivity index (χ2n) is 4.11. The van der Waals surface area contributed by atoms with E-state index in [9.17, 15) is 5.11 Å². The normalized spacial score (nSPS) is 11.0. The molecular weight excluding hydrogens is 290 g/mol. The molecule has 0 fully saturated rings.